The molecule has 0 aliphatic heterocycles. The number of aromatic nitrogens is 2. The minimum Gasteiger partial charge on any atom is -0.489 e. The van der Waals surface area contributed by atoms with Gasteiger partial charge in [-0.3, -0.25) is 4.79 Å². The van der Waals surface area contributed by atoms with E-state index in [0.29, 0.717) is 23.9 Å². The van der Waals surface area contributed by atoms with Crippen LogP contribution in [0.1, 0.15) is 29.9 Å². The number of carbonyl (C=O) groups is 1. The van der Waals surface area contributed by atoms with Gasteiger partial charge in [-0.2, -0.15) is 0 Å². The molecule has 30 heavy (non-hydrogen) atoms. The van der Waals surface area contributed by atoms with E-state index in [-0.39, 0.29) is 29.8 Å². The fourth-order valence-corrected chi connectivity index (χ4v) is 4.26. The summed E-state index contributed by atoms with van der Waals surface area (Å²) in [5, 5.41) is 12.4. The van der Waals surface area contributed by atoms with Crippen molar-refractivity contribution in [3.8, 4) is 5.75 Å². The Morgan fingerprint density at radius 3 is 2.93 bits per heavy atom. The van der Waals surface area contributed by atoms with E-state index in [2.05, 4.69) is 27.4 Å². The second-order valence-corrected chi connectivity index (χ2v) is 8.15. The van der Waals surface area contributed by atoms with E-state index in [4.69, 9.17) is 4.74 Å². The normalized spacial score (nSPS) is 24.5. The van der Waals surface area contributed by atoms with Gasteiger partial charge in [-0.05, 0) is 50.3 Å². The predicted octanol–water partition coefficient (Wildman–Crippen LogP) is 3.74. The van der Waals surface area contributed by atoms with Gasteiger partial charge >= 0.3 is 0 Å². The molecule has 1 amide bonds. The van der Waals surface area contributed by atoms with Gasteiger partial charge < -0.3 is 15.2 Å². The van der Waals surface area contributed by atoms with E-state index in [1.807, 2.05) is 44.2 Å². The monoisotopic (exact) mass is 405 g/mol. The number of allylic oxidation sites excluding steroid dienone is 4. The van der Waals surface area contributed by atoms with Crippen molar-refractivity contribution in [2.45, 2.75) is 33.3 Å². The smallest absolute Gasteiger partial charge is 0.228 e. The molecule has 0 saturated heterocycles. The third-order valence-corrected chi connectivity index (χ3v) is 6.08. The fraction of sp³-hybridized carbons (Fsp3) is 0.375. The molecule has 6 nitrogen and oxygen atoms in total. The van der Waals surface area contributed by atoms with E-state index in [9.17, 15) is 9.90 Å². The molecule has 1 aromatic carbocycles. The Hall–Kier alpha value is -2.99. The summed E-state index contributed by atoms with van der Waals surface area (Å²) < 4.78 is 6.14. The Morgan fingerprint density at radius 1 is 1.33 bits per heavy atom. The van der Waals surface area contributed by atoms with Crippen molar-refractivity contribution in [3.05, 3.63) is 71.8 Å². The second-order valence-electron chi connectivity index (χ2n) is 8.15. The van der Waals surface area contributed by atoms with Crippen LogP contribution in [0.4, 0.5) is 5.69 Å². The molecule has 0 radical (unpaired) electrons. The lowest BCUT2D eigenvalue weighted by molar-refractivity contribution is -0.118. The van der Waals surface area contributed by atoms with Crippen molar-refractivity contribution < 1.29 is 14.6 Å². The van der Waals surface area contributed by atoms with Crippen LogP contribution in [0.3, 0.4) is 0 Å². The summed E-state index contributed by atoms with van der Waals surface area (Å²) in [5.41, 5.74) is 2.03. The standard InChI is InChI=1S/C24H27N3O3/c1-16-22(13-25-17(2)26-16)30-15-24(19-8-4-3-5-9-19)12-21(24)23(29)27-20-10-6-7-18(11-20)14-28/h3-8,10-11,13,19,21,28H,9,12,14-15H2,1-2H3,(H,27,29)/t19?,21-,24+/m0/s1. The summed E-state index contributed by atoms with van der Waals surface area (Å²) in [4.78, 5) is 21.7. The van der Waals surface area contributed by atoms with Gasteiger partial charge in [0.25, 0.3) is 0 Å². The highest BCUT2D eigenvalue weighted by molar-refractivity contribution is 5.95. The number of rotatable bonds is 7. The van der Waals surface area contributed by atoms with Gasteiger partial charge in [0.05, 0.1) is 25.1 Å². The van der Waals surface area contributed by atoms with Crippen LogP contribution in [0, 0.1) is 31.1 Å². The highest BCUT2D eigenvalue weighted by Crippen LogP contribution is 2.60. The Balaban J connectivity index is 1.50. The SMILES string of the molecule is Cc1ncc(OC[C@@]2(C3C=CC=CC3)C[C@H]2C(=O)Nc2cccc(CO)c2)c(C)n1. The van der Waals surface area contributed by atoms with Crippen molar-refractivity contribution in [3.63, 3.8) is 0 Å². The highest BCUT2D eigenvalue weighted by Gasteiger charge is 2.62. The maximum atomic E-state index is 13.1. The number of aliphatic hydroxyl groups is 1. The largest absolute Gasteiger partial charge is 0.489 e. The molecule has 3 atom stereocenters. The van der Waals surface area contributed by atoms with Gasteiger partial charge in [-0.1, -0.05) is 36.4 Å². The average molecular weight is 405 g/mol. The number of carbonyl (C=O) groups excluding carboxylic acids is 1. The van der Waals surface area contributed by atoms with Crippen LogP contribution < -0.4 is 10.1 Å². The van der Waals surface area contributed by atoms with Gasteiger partial charge in [-0.25, -0.2) is 9.97 Å². The molecule has 0 bridgehead atoms. The van der Waals surface area contributed by atoms with E-state index in [1.54, 1.807) is 12.3 Å². The third kappa shape index (κ3) is 4.14. The molecule has 6 heteroatoms. The van der Waals surface area contributed by atoms with E-state index in [1.165, 1.54) is 0 Å². The van der Waals surface area contributed by atoms with Crippen LogP contribution in [0.25, 0.3) is 0 Å². The van der Waals surface area contributed by atoms with Crippen molar-refractivity contribution in [1.29, 1.82) is 0 Å². The van der Waals surface area contributed by atoms with Gasteiger partial charge in [0.2, 0.25) is 5.91 Å². The van der Waals surface area contributed by atoms with Crippen molar-refractivity contribution in [1.82, 2.24) is 9.97 Å². The zero-order valence-electron chi connectivity index (χ0n) is 17.3. The predicted molar refractivity (Wildman–Crippen MR) is 115 cm³/mol. The lowest BCUT2D eigenvalue weighted by Crippen LogP contribution is -2.29. The van der Waals surface area contributed by atoms with Crippen LogP contribution in [-0.4, -0.2) is 27.6 Å². The molecule has 2 N–H and O–H groups in total. The van der Waals surface area contributed by atoms with Crippen LogP contribution in [0.2, 0.25) is 0 Å². The van der Waals surface area contributed by atoms with E-state index >= 15 is 0 Å². The van der Waals surface area contributed by atoms with Crippen LogP contribution in [0.15, 0.2) is 54.8 Å². The van der Waals surface area contributed by atoms with Gasteiger partial charge in [0.15, 0.2) is 5.75 Å². The maximum absolute atomic E-state index is 13.1. The molecular weight excluding hydrogens is 378 g/mol. The lowest BCUT2D eigenvalue weighted by Gasteiger charge is -2.26. The molecule has 1 saturated carbocycles. The third-order valence-electron chi connectivity index (χ3n) is 6.08. The first-order valence-corrected chi connectivity index (χ1v) is 10.3. The Bertz CT molecular complexity index is 1000. The number of anilines is 1. The molecule has 2 aliphatic rings. The second kappa shape index (κ2) is 8.40. The molecular formula is C24H27N3O3. The summed E-state index contributed by atoms with van der Waals surface area (Å²) in [6, 6.07) is 7.30. The number of hydrogen-bond acceptors (Lipinski definition) is 5. The number of aryl methyl sites for hydroxylation is 2. The number of ether oxygens (including phenoxy) is 1. The average Bonchev–Trinajstić information content (AvgIpc) is 3.50. The summed E-state index contributed by atoms with van der Waals surface area (Å²) >= 11 is 0. The molecule has 1 aromatic heterocycles. The number of benzene rings is 1. The Labute approximate surface area is 176 Å². The molecule has 156 valence electrons. The van der Waals surface area contributed by atoms with Crippen molar-refractivity contribution in [2.24, 2.45) is 17.3 Å². The maximum Gasteiger partial charge on any atom is 0.228 e. The van der Waals surface area contributed by atoms with Gasteiger partial charge in [0.1, 0.15) is 5.82 Å². The molecule has 1 unspecified atom stereocenters. The van der Waals surface area contributed by atoms with Crippen molar-refractivity contribution >= 4 is 11.6 Å². The quantitative estimate of drug-likeness (QED) is 0.733. The van der Waals surface area contributed by atoms with Crippen molar-refractivity contribution in [2.75, 3.05) is 11.9 Å². The van der Waals surface area contributed by atoms with Crippen LogP contribution in [0.5, 0.6) is 5.75 Å². The number of aliphatic hydroxyl groups excluding tert-OH is 1. The molecule has 2 aromatic rings. The minimum atomic E-state index is -0.253. The molecule has 1 heterocycles. The fourth-order valence-electron chi connectivity index (χ4n) is 4.26. The number of nitrogens with zero attached hydrogens (tertiary/aromatic N) is 2. The number of hydrogen-bond donors (Lipinski definition) is 2. The summed E-state index contributed by atoms with van der Waals surface area (Å²) in [6.07, 6.45) is 11.8. The van der Waals surface area contributed by atoms with E-state index in [0.717, 1.165) is 24.1 Å². The van der Waals surface area contributed by atoms with Gasteiger partial charge in [-0.15, -0.1) is 0 Å². The first kappa shape index (κ1) is 20.3. The number of amides is 1. The highest BCUT2D eigenvalue weighted by atomic mass is 16.5. The summed E-state index contributed by atoms with van der Waals surface area (Å²) in [7, 11) is 0. The zero-order valence-corrected chi connectivity index (χ0v) is 17.3. The lowest BCUT2D eigenvalue weighted by atomic mass is 9.82. The molecule has 0 spiro atoms. The summed E-state index contributed by atoms with van der Waals surface area (Å²) in [6.45, 7) is 4.15. The topological polar surface area (TPSA) is 84.3 Å². The first-order valence-electron chi connectivity index (χ1n) is 10.3. The first-order chi connectivity index (χ1) is 14.5. The number of nitrogens with one attached hydrogen (secondary N) is 1. The van der Waals surface area contributed by atoms with Gasteiger partial charge in [0, 0.05) is 17.0 Å². The molecule has 2 aliphatic carbocycles. The summed E-state index contributed by atoms with van der Waals surface area (Å²) in [5.74, 6) is 1.48. The zero-order chi connectivity index (χ0) is 21.1. The van der Waals surface area contributed by atoms with E-state index < -0.39 is 0 Å². The molecule has 4 rings (SSSR count). The van der Waals surface area contributed by atoms with Crippen LogP contribution in [-0.2, 0) is 11.4 Å². The Morgan fingerprint density at radius 2 is 2.20 bits per heavy atom. The minimum absolute atomic E-state index is 0.00600. The van der Waals surface area contributed by atoms with Crippen LogP contribution >= 0.6 is 0 Å². The molecule has 1 fully saturated rings. The Kier molecular flexibility index (Phi) is 5.68.